The lowest BCUT2D eigenvalue weighted by Crippen LogP contribution is -2.06. The molecule has 1 atom stereocenters. The van der Waals surface area contributed by atoms with E-state index in [-0.39, 0.29) is 11.3 Å². The van der Waals surface area contributed by atoms with Crippen LogP contribution in [0.25, 0.3) is 11.3 Å². The highest BCUT2D eigenvalue weighted by atomic mass is 19.4. The third kappa shape index (κ3) is 3.01. The molecule has 0 fully saturated rings. The lowest BCUT2D eigenvalue weighted by Gasteiger charge is -2.08. The standard InChI is InChI=1S/C14H11F3N2O3/c1-2-10(18)13-6-5-12(22-13)9-4-3-8(14(15,16)17)7-11(9)19(20)21/h2-7,10H,1,18H2/t10-/m0/s1. The predicted octanol–water partition coefficient (Wildman–Crippen LogP) is 4.06. The molecule has 0 unspecified atom stereocenters. The number of nitrogens with zero attached hydrogens (tertiary/aromatic N) is 1. The molecule has 5 nitrogen and oxygen atoms in total. The Bertz CT molecular complexity index is 722. The van der Waals surface area contributed by atoms with Gasteiger partial charge in [-0.05, 0) is 24.3 Å². The maximum atomic E-state index is 12.6. The summed E-state index contributed by atoms with van der Waals surface area (Å²) in [5, 5.41) is 11.0. The first-order valence-electron chi connectivity index (χ1n) is 6.08. The Morgan fingerprint density at radius 1 is 1.32 bits per heavy atom. The molecular weight excluding hydrogens is 301 g/mol. The second-order valence-electron chi connectivity index (χ2n) is 4.45. The zero-order valence-corrected chi connectivity index (χ0v) is 11.1. The van der Waals surface area contributed by atoms with Gasteiger partial charge in [0.05, 0.1) is 22.1 Å². The lowest BCUT2D eigenvalue weighted by molar-refractivity contribution is -0.384. The van der Waals surface area contributed by atoms with E-state index in [4.69, 9.17) is 10.2 Å². The highest BCUT2D eigenvalue weighted by Gasteiger charge is 2.33. The van der Waals surface area contributed by atoms with Crippen LogP contribution in [0.3, 0.4) is 0 Å². The topological polar surface area (TPSA) is 82.3 Å². The van der Waals surface area contributed by atoms with Crippen LogP contribution in [-0.4, -0.2) is 4.92 Å². The third-order valence-electron chi connectivity index (χ3n) is 3.00. The van der Waals surface area contributed by atoms with Gasteiger partial charge in [0, 0.05) is 6.07 Å². The number of rotatable bonds is 4. The summed E-state index contributed by atoms with van der Waals surface area (Å²) >= 11 is 0. The summed E-state index contributed by atoms with van der Waals surface area (Å²) in [7, 11) is 0. The van der Waals surface area contributed by atoms with Crippen molar-refractivity contribution < 1.29 is 22.5 Å². The highest BCUT2D eigenvalue weighted by molar-refractivity contribution is 5.70. The maximum Gasteiger partial charge on any atom is 0.416 e. The summed E-state index contributed by atoms with van der Waals surface area (Å²) in [6, 6.07) is 4.53. The van der Waals surface area contributed by atoms with Crippen molar-refractivity contribution in [2.45, 2.75) is 12.2 Å². The number of furan rings is 1. The van der Waals surface area contributed by atoms with Crippen molar-refractivity contribution in [3.63, 3.8) is 0 Å². The van der Waals surface area contributed by atoms with Gasteiger partial charge in [-0.15, -0.1) is 6.58 Å². The van der Waals surface area contributed by atoms with Gasteiger partial charge in [0.15, 0.2) is 0 Å². The number of nitro groups is 1. The Hall–Kier alpha value is -2.61. The van der Waals surface area contributed by atoms with E-state index < -0.39 is 28.4 Å². The van der Waals surface area contributed by atoms with Crippen LogP contribution >= 0.6 is 0 Å². The first-order valence-corrected chi connectivity index (χ1v) is 6.08. The number of nitro benzene ring substituents is 1. The Morgan fingerprint density at radius 3 is 2.55 bits per heavy atom. The fourth-order valence-electron chi connectivity index (χ4n) is 1.86. The molecule has 0 aliphatic carbocycles. The molecule has 0 aliphatic heterocycles. The summed E-state index contributed by atoms with van der Waals surface area (Å²) < 4.78 is 43.3. The van der Waals surface area contributed by atoms with Gasteiger partial charge in [-0.3, -0.25) is 10.1 Å². The molecule has 0 amide bonds. The molecule has 1 aromatic heterocycles. The fourth-order valence-corrected chi connectivity index (χ4v) is 1.86. The normalized spacial score (nSPS) is 12.9. The van der Waals surface area contributed by atoms with E-state index in [1.807, 2.05) is 0 Å². The minimum absolute atomic E-state index is 0.0551. The molecule has 0 saturated heterocycles. The number of alkyl halides is 3. The monoisotopic (exact) mass is 312 g/mol. The van der Waals surface area contributed by atoms with Crippen molar-refractivity contribution >= 4 is 5.69 Å². The van der Waals surface area contributed by atoms with Crippen LogP contribution in [0.4, 0.5) is 18.9 Å². The first-order chi connectivity index (χ1) is 10.2. The average molecular weight is 312 g/mol. The number of hydrogen-bond donors (Lipinski definition) is 1. The summed E-state index contributed by atoms with van der Waals surface area (Å²) in [5.74, 6) is 0.368. The van der Waals surface area contributed by atoms with E-state index in [1.54, 1.807) is 0 Å². The van der Waals surface area contributed by atoms with Crippen molar-refractivity contribution in [3.05, 3.63) is 64.4 Å². The van der Waals surface area contributed by atoms with Crippen molar-refractivity contribution in [2.24, 2.45) is 5.73 Å². The molecule has 0 aliphatic rings. The van der Waals surface area contributed by atoms with E-state index in [1.165, 1.54) is 18.2 Å². The molecular formula is C14H11F3N2O3. The van der Waals surface area contributed by atoms with Gasteiger partial charge in [-0.2, -0.15) is 13.2 Å². The van der Waals surface area contributed by atoms with Crippen LogP contribution in [0.15, 0.2) is 47.4 Å². The second-order valence-corrected chi connectivity index (χ2v) is 4.45. The third-order valence-corrected chi connectivity index (χ3v) is 3.00. The zero-order valence-electron chi connectivity index (χ0n) is 11.1. The summed E-state index contributed by atoms with van der Waals surface area (Å²) in [6.07, 6.45) is -3.26. The quantitative estimate of drug-likeness (QED) is 0.524. The maximum absolute atomic E-state index is 12.6. The van der Waals surface area contributed by atoms with Crippen molar-refractivity contribution in [1.29, 1.82) is 0 Å². The molecule has 1 heterocycles. The lowest BCUT2D eigenvalue weighted by atomic mass is 10.1. The molecule has 2 aromatic rings. The molecule has 2 N–H and O–H groups in total. The van der Waals surface area contributed by atoms with E-state index in [0.717, 1.165) is 12.1 Å². The molecule has 8 heteroatoms. The molecule has 2 rings (SSSR count). The van der Waals surface area contributed by atoms with E-state index in [0.29, 0.717) is 11.8 Å². The first kappa shape index (κ1) is 15.8. The summed E-state index contributed by atoms with van der Waals surface area (Å²) in [6.45, 7) is 3.49. The van der Waals surface area contributed by atoms with Gasteiger partial charge in [-0.25, -0.2) is 0 Å². The van der Waals surface area contributed by atoms with Gasteiger partial charge in [0.1, 0.15) is 11.5 Å². The molecule has 0 spiro atoms. The molecule has 1 aromatic carbocycles. The number of hydrogen-bond acceptors (Lipinski definition) is 4. The van der Waals surface area contributed by atoms with E-state index in [2.05, 4.69) is 6.58 Å². The van der Waals surface area contributed by atoms with E-state index >= 15 is 0 Å². The SMILES string of the molecule is C=C[C@H](N)c1ccc(-c2ccc(C(F)(F)F)cc2[N+](=O)[O-])o1. The Labute approximate surface area is 123 Å². The molecule has 0 radical (unpaired) electrons. The molecule has 0 saturated carbocycles. The smallest absolute Gasteiger partial charge is 0.416 e. The predicted molar refractivity (Wildman–Crippen MR) is 72.9 cm³/mol. The van der Waals surface area contributed by atoms with Crippen LogP contribution in [0.5, 0.6) is 0 Å². The summed E-state index contributed by atoms with van der Waals surface area (Å²) in [5.41, 5.74) is 3.82. The average Bonchev–Trinajstić information content (AvgIpc) is 2.94. The van der Waals surface area contributed by atoms with E-state index in [9.17, 15) is 23.3 Å². The number of nitrogens with two attached hydrogens (primary N) is 1. The fraction of sp³-hybridized carbons (Fsp3) is 0.143. The van der Waals surface area contributed by atoms with Crippen LogP contribution < -0.4 is 5.73 Å². The number of benzene rings is 1. The minimum Gasteiger partial charge on any atom is -0.459 e. The van der Waals surface area contributed by atoms with Crippen LogP contribution in [0, 0.1) is 10.1 Å². The van der Waals surface area contributed by atoms with Gasteiger partial charge in [-0.1, -0.05) is 6.08 Å². The minimum atomic E-state index is -4.66. The Morgan fingerprint density at radius 2 is 2.00 bits per heavy atom. The van der Waals surface area contributed by atoms with Gasteiger partial charge in [0.25, 0.3) is 5.69 Å². The van der Waals surface area contributed by atoms with Gasteiger partial charge < -0.3 is 10.2 Å². The Kier molecular flexibility index (Phi) is 4.05. The molecule has 116 valence electrons. The zero-order chi connectivity index (χ0) is 16.5. The van der Waals surface area contributed by atoms with Crippen molar-refractivity contribution in [2.75, 3.05) is 0 Å². The Balaban J connectivity index is 2.53. The highest BCUT2D eigenvalue weighted by Crippen LogP contribution is 2.37. The van der Waals surface area contributed by atoms with Crippen LogP contribution in [-0.2, 0) is 6.18 Å². The summed E-state index contributed by atoms with van der Waals surface area (Å²) in [4.78, 5) is 10.1. The van der Waals surface area contributed by atoms with Crippen molar-refractivity contribution in [3.8, 4) is 11.3 Å². The van der Waals surface area contributed by atoms with Gasteiger partial charge >= 0.3 is 6.18 Å². The van der Waals surface area contributed by atoms with Crippen LogP contribution in [0.2, 0.25) is 0 Å². The molecule has 0 bridgehead atoms. The molecule has 22 heavy (non-hydrogen) atoms. The number of halogens is 3. The largest absolute Gasteiger partial charge is 0.459 e. The van der Waals surface area contributed by atoms with Crippen molar-refractivity contribution in [1.82, 2.24) is 0 Å². The van der Waals surface area contributed by atoms with Gasteiger partial charge in [0.2, 0.25) is 0 Å². The second kappa shape index (κ2) is 5.64. The van der Waals surface area contributed by atoms with Crippen LogP contribution in [0.1, 0.15) is 17.4 Å².